The number of methoxy groups -OCH3 is 1. The lowest BCUT2D eigenvalue weighted by atomic mass is 10.0. The van der Waals surface area contributed by atoms with E-state index >= 15 is 0 Å². The lowest BCUT2D eigenvalue weighted by Crippen LogP contribution is -2.52. The van der Waals surface area contributed by atoms with Gasteiger partial charge in [0.1, 0.15) is 17.5 Å². The Morgan fingerprint density at radius 2 is 1.97 bits per heavy atom. The van der Waals surface area contributed by atoms with Crippen molar-refractivity contribution in [3.8, 4) is 5.75 Å². The summed E-state index contributed by atoms with van der Waals surface area (Å²) in [5.74, 6) is -0.712. The molecule has 1 fully saturated rings. The first kappa shape index (κ1) is 20.6. The minimum atomic E-state index is -0.680. The number of aromatic nitrogens is 1. The lowest BCUT2D eigenvalue weighted by molar-refractivity contribution is -0.136. The molecule has 0 aliphatic carbocycles. The molecule has 2 N–H and O–H groups in total. The van der Waals surface area contributed by atoms with E-state index in [9.17, 15) is 19.2 Å². The molecule has 9 nitrogen and oxygen atoms in total. The number of rotatable bonds is 4. The van der Waals surface area contributed by atoms with Gasteiger partial charge in [-0.2, -0.15) is 0 Å². The van der Waals surface area contributed by atoms with Crippen molar-refractivity contribution in [3.63, 3.8) is 0 Å². The molecular weight excluding hydrogens is 424 g/mol. The van der Waals surface area contributed by atoms with Gasteiger partial charge >= 0.3 is 0 Å². The number of ether oxygens (including phenoxy) is 1. The maximum Gasteiger partial charge on any atom is 0.274 e. The average molecular weight is 444 g/mol. The topological polar surface area (TPSA) is 118 Å². The van der Waals surface area contributed by atoms with Gasteiger partial charge in [-0.25, -0.2) is 4.98 Å². The van der Waals surface area contributed by atoms with Gasteiger partial charge in [-0.15, -0.1) is 0 Å². The number of fused-ring (bicyclic) bond motifs is 2. The number of benzene rings is 2. The quantitative estimate of drug-likeness (QED) is 0.596. The number of nitrogens with one attached hydrogen (secondary N) is 2. The Morgan fingerprint density at radius 1 is 1.12 bits per heavy atom. The number of anilines is 1. The fourth-order valence-electron chi connectivity index (χ4n) is 4.20. The lowest BCUT2D eigenvalue weighted by Gasteiger charge is -2.29. The maximum atomic E-state index is 12.8. The van der Waals surface area contributed by atoms with Crippen LogP contribution in [0, 0.1) is 0 Å². The molecular formula is C24H20N4O5. The van der Waals surface area contributed by atoms with Crippen LogP contribution >= 0.6 is 0 Å². The van der Waals surface area contributed by atoms with E-state index in [1.54, 1.807) is 49.6 Å². The summed E-state index contributed by atoms with van der Waals surface area (Å²) < 4.78 is 5.21. The summed E-state index contributed by atoms with van der Waals surface area (Å²) in [5.41, 5.74) is 2.64. The molecule has 9 heteroatoms. The van der Waals surface area contributed by atoms with Crippen molar-refractivity contribution in [1.82, 2.24) is 15.2 Å². The molecule has 0 spiro atoms. The van der Waals surface area contributed by atoms with E-state index in [-0.39, 0.29) is 36.4 Å². The van der Waals surface area contributed by atoms with E-state index in [4.69, 9.17) is 4.74 Å². The second-order valence-corrected chi connectivity index (χ2v) is 7.98. The van der Waals surface area contributed by atoms with Gasteiger partial charge in [-0.1, -0.05) is 6.07 Å². The Hall–Kier alpha value is -4.27. The molecule has 0 saturated carbocycles. The summed E-state index contributed by atoms with van der Waals surface area (Å²) in [6, 6.07) is 13.2. The summed E-state index contributed by atoms with van der Waals surface area (Å²) in [5, 5.41) is 5.96. The highest BCUT2D eigenvalue weighted by Crippen LogP contribution is 2.29. The van der Waals surface area contributed by atoms with Crippen molar-refractivity contribution < 1.29 is 23.9 Å². The number of pyridine rings is 1. The van der Waals surface area contributed by atoms with Crippen LogP contribution < -0.4 is 15.4 Å². The predicted molar refractivity (Wildman–Crippen MR) is 119 cm³/mol. The first-order chi connectivity index (χ1) is 15.9. The summed E-state index contributed by atoms with van der Waals surface area (Å²) in [4.78, 5) is 55.1. The molecule has 166 valence electrons. The van der Waals surface area contributed by atoms with Gasteiger partial charge < -0.3 is 15.0 Å². The molecule has 1 aromatic heterocycles. The van der Waals surface area contributed by atoms with Gasteiger partial charge in [-0.3, -0.25) is 24.5 Å². The van der Waals surface area contributed by atoms with Crippen LogP contribution in [0.15, 0.2) is 48.5 Å². The molecule has 4 amide bonds. The van der Waals surface area contributed by atoms with E-state index in [2.05, 4.69) is 15.6 Å². The van der Waals surface area contributed by atoms with Gasteiger partial charge in [-0.05, 0) is 54.4 Å². The number of carbonyl (C=O) groups is 4. The van der Waals surface area contributed by atoms with Gasteiger partial charge in [0.2, 0.25) is 11.8 Å². The van der Waals surface area contributed by atoms with E-state index in [0.717, 1.165) is 5.39 Å². The van der Waals surface area contributed by atoms with Crippen LogP contribution in [0.1, 0.15) is 39.3 Å². The van der Waals surface area contributed by atoms with E-state index in [0.29, 0.717) is 34.5 Å². The van der Waals surface area contributed by atoms with Gasteiger partial charge in [0.25, 0.3) is 11.8 Å². The second-order valence-electron chi connectivity index (χ2n) is 7.98. The highest BCUT2D eigenvalue weighted by Gasteiger charge is 2.39. The van der Waals surface area contributed by atoms with Crippen molar-refractivity contribution >= 4 is 40.2 Å². The van der Waals surface area contributed by atoms with Crippen molar-refractivity contribution in [2.45, 2.75) is 25.4 Å². The molecule has 0 radical (unpaired) electrons. The molecule has 2 aliphatic heterocycles. The van der Waals surface area contributed by atoms with Crippen LogP contribution in [-0.4, -0.2) is 46.7 Å². The van der Waals surface area contributed by atoms with Crippen LogP contribution in [0.5, 0.6) is 5.75 Å². The van der Waals surface area contributed by atoms with Gasteiger partial charge in [0.15, 0.2) is 0 Å². The fraction of sp³-hybridized carbons (Fsp3) is 0.208. The number of carbonyl (C=O) groups excluding carboxylic acids is 4. The van der Waals surface area contributed by atoms with Crippen molar-refractivity contribution in [1.29, 1.82) is 0 Å². The van der Waals surface area contributed by atoms with Crippen molar-refractivity contribution in [2.75, 3.05) is 12.4 Å². The third-order valence-electron chi connectivity index (χ3n) is 5.91. The fourth-order valence-corrected chi connectivity index (χ4v) is 4.20. The van der Waals surface area contributed by atoms with Crippen molar-refractivity contribution in [2.24, 2.45) is 0 Å². The van der Waals surface area contributed by atoms with Crippen LogP contribution in [0.25, 0.3) is 10.9 Å². The number of nitrogens with zero attached hydrogens (tertiary/aromatic N) is 2. The third kappa shape index (κ3) is 3.78. The molecule has 0 bridgehead atoms. The molecule has 1 atom stereocenters. The highest BCUT2D eigenvalue weighted by atomic mass is 16.5. The minimum Gasteiger partial charge on any atom is -0.497 e. The monoisotopic (exact) mass is 444 g/mol. The van der Waals surface area contributed by atoms with Crippen LogP contribution in [0.4, 0.5) is 5.69 Å². The second kappa shape index (κ2) is 8.01. The largest absolute Gasteiger partial charge is 0.497 e. The number of imide groups is 1. The Labute approximate surface area is 188 Å². The van der Waals surface area contributed by atoms with Crippen LogP contribution in [0.3, 0.4) is 0 Å². The summed E-state index contributed by atoms with van der Waals surface area (Å²) in [6.07, 6.45) is 0.497. The molecule has 1 unspecified atom stereocenters. The Morgan fingerprint density at radius 3 is 2.76 bits per heavy atom. The highest BCUT2D eigenvalue weighted by molar-refractivity contribution is 6.07. The zero-order chi connectivity index (χ0) is 23.1. The smallest absolute Gasteiger partial charge is 0.274 e. The third-order valence-corrected chi connectivity index (χ3v) is 5.91. The first-order valence-electron chi connectivity index (χ1n) is 10.5. The maximum absolute atomic E-state index is 12.8. The zero-order valence-electron chi connectivity index (χ0n) is 17.8. The molecule has 2 aliphatic rings. The van der Waals surface area contributed by atoms with Crippen LogP contribution in [-0.2, 0) is 16.1 Å². The standard InChI is InChI=1S/C24H20N4O5/c1-33-16-4-7-18-13(11-16)2-6-19(26-18)22(30)25-15-3-5-17-14(10-15)12-28(24(17)32)20-8-9-21(29)27-23(20)31/h2-7,10-11,20H,8-9,12H2,1H3,(H,25,30)(H,27,29,31). The number of hydrogen-bond donors (Lipinski definition) is 2. The summed E-state index contributed by atoms with van der Waals surface area (Å²) in [7, 11) is 1.59. The Kier molecular flexibility index (Phi) is 5.01. The van der Waals surface area contributed by atoms with Gasteiger partial charge in [0, 0.05) is 29.6 Å². The molecule has 5 rings (SSSR count). The number of amides is 4. The van der Waals surface area contributed by atoms with Crippen LogP contribution in [0.2, 0.25) is 0 Å². The summed E-state index contributed by atoms with van der Waals surface area (Å²) in [6.45, 7) is 0.236. The Bertz CT molecular complexity index is 1340. The van der Waals surface area contributed by atoms with E-state index < -0.39 is 11.9 Å². The minimum absolute atomic E-state index is 0.198. The summed E-state index contributed by atoms with van der Waals surface area (Å²) >= 11 is 0. The predicted octanol–water partition coefficient (Wildman–Crippen LogP) is 2.26. The number of hydrogen-bond acceptors (Lipinski definition) is 6. The molecule has 33 heavy (non-hydrogen) atoms. The molecule has 3 aromatic rings. The SMILES string of the molecule is COc1ccc2nc(C(=O)Nc3ccc4c(c3)CN(C3CCC(=O)NC3=O)C4=O)ccc2c1. The molecule has 2 aromatic carbocycles. The van der Waals surface area contributed by atoms with E-state index in [1.165, 1.54) is 4.90 Å². The average Bonchev–Trinajstić information content (AvgIpc) is 3.13. The number of piperidine rings is 1. The Balaban J connectivity index is 1.33. The molecule has 1 saturated heterocycles. The zero-order valence-corrected chi connectivity index (χ0v) is 17.8. The molecule has 3 heterocycles. The first-order valence-corrected chi connectivity index (χ1v) is 10.5. The normalized spacial score (nSPS) is 17.7. The van der Waals surface area contributed by atoms with Gasteiger partial charge in [0.05, 0.1) is 12.6 Å². The van der Waals surface area contributed by atoms with Crippen molar-refractivity contribution in [3.05, 3.63) is 65.4 Å². The van der Waals surface area contributed by atoms with E-state index in [1.807, 2.05) is 6.07 Å².